The minimum absolute atomic E-state index is 0. The number of hydrogen-bond acceptors (Lipinski definition) is 7. The predicted molar refractivity (Wildman–Crippen MR) is 148 cm³/mol. The van der Waals surface area contributed by atoms with Crippen molar-refractivity contribution in [3.05, 3.63) is 41.7 Å². The van der Waals surface area contributed by atoms with E-state index in [9.17, 15) is 17.6 Å². The van der Waals surface area contributed by atoms with Crippen molar-refractivity contribution in [1.82, 2.24) is 14.0 Å². The number of halogens is 1. The van der Waals surface area contributed by atoms with Crippen LogP contribution in [0.5, 0.6) is 5.75 Å². The maximum atomic E-state index is 14.5. The molecule has 0 bridgehead atoms. The summed E-state index contributed by atoms with van der Waals surface area (Å²) in [6.07, 6.45) is 1.41. The van der Waals surface area contributed by atoms with Crippen molar-refractivity contribution in [2.45, 2.75) is 59.0 Å². The number of hydrogen-bond donors (Lipinski definition) is 2. The van der Waals surface area contributed by atoms with Gasteiger partial charge in [0.25, 0.3) is 5.91 Å². The fraction of sp³-hybridized carbons (Fsp3) is 0.556. The summed E-state index contributed by atoms with van der Waals surface area (Å²) in [6.45, 7) is 11.8. The highest BCUT2D eigenvalue weighted by Gasteiger charge is 2.40. The van der Waals surface area contributed by atoms with Crippen molar-refractivity contribution < 1.29 is 23.8 Å². The number of anilines is 1. The van der Waals surface area contributed by atoms with Crippen LogP contribution >= 0.6 is 0 Å². The molecule has 2 aliphatic rings. The summed E-state index contributed by atoms with van der Waals surface area (Å²) in [5, 5.41) is 0. The molecule has 0 radical (unpaired) electrons. The first kappa shape index (κ1) is 28.3. The normalized spacial score (nSPS) is 21.7. The number of benzene rings is 1. The maximum Gasteiger partial charge on any atom is 0.304 e. The number of carbonyl (C=O) groups is 1. The van der Waals surface area contributed by atoms with Gasteiger partial charge in [0.2, 0.25) is 0 Å². The lowest BCUT2D eigenvalue weighted by molar-refractivity contribution is 0.0979. The molecule has 1 aromatic heterocycles. The van der Waals surface area contributed by atoms with Gasteiger partial charge in [-0.05, 0) is 62.8 Å². The molecular formula is C27H40FN5O4S. The van der Waals surface area contributed by atoms with Gasteiger partial charge in [-0.25, -0.2) is 14.1 Å². The number of rotatable bonds is 8. The van der Waals surface area contributed by atoms with Crippen molar-refractivity contribution in [2.75, 3.05) is 31.1 Å². The second-order valence-corrected chi connectivity index (χ2v) is 13.2. The number of nitrogens with two attached hydrogens (primary N) is 1. The lowest BCUT2D eigenvalue weighted by Gasteiger charge is -2.34. The molecule has 4 rings (SSSR count). The zero-order chi connectivity index (χ0) is 27.8. The zero-order valence-corrected chi connectivity index (χ0v) is 23.5. The van der Waals surface area contributed by atoms with Gasteiger partial charge >= 0.3 is 10.2 Å². The molecule has 0 unspecified atom stereocenters. The third-order valence-corrected chi connectivity index (χ3v) is 8.40. The van der Waals surface area contributed by atoms with E-state index in [0.29, 0.717) is 48.3 Å². The minimum atomic E-state index is -4.07. The molecule has 1 aromatic carbocycles. The van der Waals surface area contributed by atoms with Crippen LogP contribution in [-0.4, -0.2) is 61.4 Å². The van der Waals surface area contributed by atoms with Crippen LogP contribution in [0, 0.1) is 17.7 Å². The molecule has 11 heteroatoms. The summed E-state index contributed by atoms with van der Waals surface area (Å²) >= 11 is 0. The fourth-order valence-corrected chi connectivity index (χ4v) is 6.42. The molecule has 1 amide bonds. The van der Waals surface area contributed by atoms with E-state index in [-0.39, 0.29) is 37.6 Å². The summed E-state index contributed by atoms with van der Waals surface area (Å²) in [5.41, 5.74) is 6.63. The summed E-state index contributed by atoms with van der Waals surface area (Å²) < 4.78 is 49.4. The minimum Gasteiger partial charge on any atom is -0.493 e. The van der Waals surface area contributed by atoms with E-state index in [1.807, 2.05) is 18.7 Å². The van der Waals surface area contributed by atoms with E-state index < -0.39 is 21.9 Å². The lowest BCUT2D eigenvalue weighted by Crippen LogP contribution is -2.44. The van der Waals surface area contributed by atoms with Gasteiger partial charge in [0.1, 0.15) is 17.4 Å². The van der Waals surface area contributed by atoms with Gasteiger partial charge in [0.05, 0.1) is 17.9 Å². The SMILES string of the molecule is CC(C)COc1cc(F)cc(-c2ccc(C(=O)NS(=O)(=O)N3CC[C@H](N)C3)c(N3C[C@@H](C)CC3(C)C)n2)c1.[HH]. The molecule has 2 aromatic rings. The van der Waals surface area contributed by atoms with E-state index in [0.717, 1.165) is 6.42 Å². The molecule has 2 saturated heterocycles. The van der Waals surface area contributed by atoms with E-state index in [1.165, 1.54) is 16.4 Å². The lowest BCUT2D eigenvalue weighted by atomic mass is 9.97. The topological polar surface area (TPSA) is 118 Å². The van der Waals surface area contributed by atoms with Crippen LogP contribution in [0.4, 0.5) is 10.2 Å². The third-order valence-electron chi connectivity index (χ3n) is 6.95. The molecule has 0 aliphatic carbocycles. The number of carbonyl (C=O) groups excluding carboxylic acids is 1. The summed E-state index contributed by atoms with van der Waals surface area (Å²) in [4.78, 5) is 20.2. The Kier molecular flexibility index (Phi) is 8.02. The van der Waals surface area contributed by atoms with Gasteiger partial charge in [-0.15, -0.1) is 0 Å². The van der Waals surface area contributed by atoms with Gasteiger partial charge in [0.15, 0.2) is 0 Å². The molecule has 210 valence electrons. The van der Waals surface area contributed by atoms with E-state index in [1.54, 1.807) is 18.2 Å². The Morgan fingerprint density at radius 3 is 2.63 bits per heavy atom. The van der Waals surface area contributed by atoms with Crippen molar-refractivity contribution in [3.8, 4) is 17.0 Å². The number of aromatic nitrogens is 1. The highest BCUT2D eigenvalue weighted by molar-refractivity contribution is 7.87. The van der Waals surface area contributed by atoms with Crippen LogP contribution in [0.25, 0.3) is 11.3 Å². The monoisotopic (exact) mass is 549 g/mol. The molecule has 0 saturated carbocycles. The number of nitrogens with one attached hydrogen (secondary N) is 1. The van der Waals surface area contributed by atoms with Crippen LogP contribution in [0.1, 0.15) is 59.2 Å². The Labute approximate surface area is 226 Å². The zero-order valence-electron chi connectivity index (χ0n) is 22.7. The van der Waals surface area contributed by atoms with Crippen LogP contribution in [0.2, 0.25) is 0 Å². The van der Waals surface area contributed by atoms with Gasteiger partial charge in [-0.1, -0.05) is 20.8 Å². The van der Waals surface area contributed by atoms with E-state index >= 15 is 0 Å². The first-order valence-electron chi connectivity index (χ1n) is 13.1. The van der Waals surface area contributed by atoms with Crippen molar-refractivity contribution in [2.24, 2.45) is 17.6 Å². The predicted octanol–water partition coefficient (Wildman–Crippen LogP) is 3.80. The van der Waals surface area contributed by atoms with Crippen molar-refractivity contribution >= 4 is 21.9 Å². The second-order valence-electron chi connectivity index (χ2n) is 11.5. The standard InChI is InChI=1S/C27H38FN5O4S.H2/c1-17(2)16-37-22-11-19(10-20(28)12-22)24-7-6-23(25(30-24)33-14-18(3)13-27(33,4)5)26(34)31-38(35,36)32-9-8-21(29)15-32;/h6-7,10-12,17-18,21H,8-9,13-16,29H2,1-5H3,(H,31,34);1H/t18-,21-;/m0./s1. The molecule has 2 fully saturated rings. The second kappa shape index (κ2) is 10.8. The highest BCUT2D eigenvalue weighted by Crippen LogP contribution is 2.38. The Morgan fingerprint density at radius 1 is 1.29 bits per heavy atom. The molecule has 3 heterocycles. The molecule has 38 heavy (non-hydrogen) atoms. The Morgan fingerprint density at radius 2 is 2.03 bits per heavy atom. The molecule has 0 spiro atoms. The summed E-state index contributed by atoms with van der Waals surface area (Å²) in [5.74, 6) is 0.134. The van der Waals surface area contributed by atoms with Gasteiger partial charge in [0, 0.05) is 44.3 Å². The maximum absolute atomic E-state index is 14.5. The summed E-state index contributed by atoms with van der Waals surface area (Å²) in [7, 11) is -4.07. The fourth-order valence-electron chi connectivity index (χ4n) is 5.22. The van der Waals surface area contributed by atoms with Crippen molar-refractivity contribution in [1.29, 1.82) is 0 Å². The smallest absolute Gasteiger partial charge is 0.304 e. The van der Waals surface area contributed by atoms with Gasteiger partial charge < -0.3 is 15.4 Å². The van der Waals surface area contributed by atoms with Crippen LogP contribution < -0.4 is 20.1 Å². The molecule has 3 N–H and O–H groups in total. The summed E-state index contributed by atoms with van der Waals surface area (Å²) in [6, 6.07) is 7.31. The highest BCUT2D eigenvalue weighted by atomic mass is 32.2. The molecular weight excluding hydrogens is 509 g/mol. The quantitative estimate of drug-likeness (QED) is 0.514. The number of pyridine rings is 1. The van der Waals surface area contributed by atoms with Crippen LogP contribution in [0.15, 0.2) is 30.3 Å². The molecule has 2 atom stereocenters. The first-order chi connectivity index (χ1) is 17.7. The van der Waals surface area contributed by atoms with E-state index in [4.69, 9.17) is 15.5 Å². The Bertz CT molecular complexity index is 1310. The van der Waals surface area contributed by atoms with E-state index in [2.05, 4.69) is 25.5 Å². The van der Waals surface area contributed by atoms with Gasteiger partial charge in [-0.3, -0.25) is 4.79 Å². The number of nitrogens with zero attached hydrogens (tertiary/aromatic N) is 3. The molecule has 9 nitrogen and oxygen atoms in total. The number of ether oxygens (including phenoxy) is 1. The van der Waals surface area contributed by atoms with Gasteiger partial charge in [-0.2, -0.15) is 12.7 Å². The average Bonchev–Trinajstić information content (AvgIpc) is 3.38. The van der Waals surface area contributed by atoms with Crippen molar-refractivity contribution in [3.63, 3.8) is 0 Å². The van der Waals surface area contributed by atoms with Crippen LogP contribution in [-0.2, 0) is 10.2 Å². The average molecular weight is 550 g/mol. The number of amides is 1. The van der Waals surface area contributed by atoms with Crippen LogP contribution in [0.3, 0.4) is 0 Å². The molecule has 2 aliphatic heterocycles. The first-order valence-corrected chi connectivity index (χ1v) is 14.5. The Balaban J connectivity index is 0.00000420. The third kappa shape index (κ3) is 6.27. The largest absolute Gasteiger partial charge is 0.493 e. The Hall–Kier alpha value is -2.76.